The maximum atomic E-state index is 13.4. The van der Waals surface area contributed by atoms with Crippen LogP contribution in [0, 0.1) is 23.7 Å². The standard InChI is InChI=1S/C23H25FN3O3/c24-19-6-2-8-21(13-19)27(16-29)11-10-17-4-1-5-18(12-17)14-25-23(30)22-9-3-7-20(15-28)26-22/h2-3,6-9,13,16-18,28H,1,4-5,10-12,15H2/q+1. The fourth-order valence-electron chi connectivity index (χ4n) is 3.78. The molecule has 7 heteroatoms. The molecule has 1 heterocycles. The molecule has 1 fully saturated rings. The maximum absolute atomic E-state index is 13.4. The van der Waals surface area contributed by atoms with E-state index in [-0.39, 0.29) is 24.0 Å². The summed E-state index contributed by atoms with van der Waals surface area (Å²) >= 11 is 0. The second-order valence-electron chi connectivity index (χ2n) is 7.52. The van der Waals surface area contributed by atoms with Gasteiger partial charge in [0.05, 0.1) is 18.2 Å². The molecule has 0 radical (unpaired) electrons. The fraction of sp³-hybridized carbons (Fsp3) is 0.391. The molecule has 2 atom stereocenters. The van der Waals surface area contributed by atoms with Gasteiger partial charge in [-0.1, -0.05) is 25.0 Å². The van der Waals surface area contributed by atoms with E-state index >= 15 is 0 Å². The van der Waals surface area contributed by atoms with Gasteiger partial charge in [-0.2, -0.15) is 4.79 Å². The van der Waals surface area contributed by atoms with Crippen molar-refractivity contribution in [2.75, 3.05) is 11.4 Å². The summed E-state index contributed by atoms with van der Waals surface area (Å²) in [5.41, 5.74) is 1.17. The average molecular weight is 410 g/mol. The van der Waals surface area contributed by atoms with E-state index in [1.54, 1.807) is 30.3 Å². The Hall–Kier alpha value is -3.11. The van der Waals surface area contributed by atoms with Gasteiger partial charge in [0.15, 0.2) is 5.69 Å². The SMILES string of the molecule is O=CN(CCC1CCCC(C#[N+]C(=O)c2cccc(CO)n2)C1)c1cccc(F)c1. The van der Waals surface area contributed by atoms with Crippen LogP contribution in [0.4, 0.5) is 10.1 Å². The molecule has 30 heavy (non-hydrogen) atoms. The number of hydrogen-bond donors (Lipinski definition) is 1. The Kier molecular flexibility index (Phi) is 7.63. The van der Waals surface area contributed by atoms with Gasteiger partial charge in [-0.15, -0.1) is 0 Å². The molecule has 0 bridgehead atoms. The third-order valence-electron chi connectivity index (χ3n) is 5.36. The van der Waals surface area contributed by atoms with Crippen LogP contribution in [0.5, 0.6) is 0 Å². The normalized spacial score (nSPS) is 18.2. The number of aliphatic hydroxyl groups excluding tert-OH is 1. The molecule has 1 aromatic carbocycles. The van der Waals surface area contributed by atoms with Gasteiger partial charge in [0.2, 0.25) is 6.41 Å². The van der Waals surface area contributed by atoms with Gasteiger partial charge >= 0.3 is 5.91 Å². The molecule has 1 aliphatic rings. The lowest BCUT2D eigenvalue weighted by atomic mass is 9.80. The van der Waals surface area contributed by atoms with E-state index in [2.05, 4.69) is 15.9 Å². The Balaban J connectivity index is 1.56. The van der Waals surface area contributed by atoms with Crippen LogP contribution < -0.4 is 4.90 Å². The van der Waals surface area contributed by atoms with Crippen molar-refractivity contribution in [3.8, 4) is 6.07 Å². The van der Waals surface area contributed by atoms with E-state index in [1.165, 1.54) is 17.0 Å². The van der Waals surface area contributed by atoms with E-state index in [4.69, 9.17) is 5.11 Å². The first-order chi connectivity index (χ1) is 14.6. The molecule has 0 spiro atoms. The highest BCUT2D eigenvalue weighted by atomic mass is 19.1. The lowest BCUT2D eigenvalue weighted by molar-refractivity contribution is -0.107. The first kappa shape index (κ1) is 21.6. The topological polar surface area (TPSA) is 74.9 Å². The molecular weight excluding hydrogens is 385 g/mol. The van der Waals surface area contributed by atoms with Crippen LogP contribution in [0.25, 0.3) is 4.85 Å². The van der Waals surface area contributed by atoms with Crippen molar-refractivity contribution in [3.63, 3.8) is 0 Å². The van der Waals surface area contributed by atoms with Crippen molar-refractivity contribution in [3.05, 3.63) is 64.5 Å². The van der Waals surface area contributed by atoms with Crippen LogP contribution in [0.15, 0.2) is 42.5 Å². The van der Waals surface area contributed by atoms with E-state index in [1.807, 2.05) is 0 Å². The van der Waals surface area contributed by atoms with Crippen LogP contribution in [-0.2, 0) is 11.4 Å². The summed E-state index contributed by atoms with van der Waals surface area (Å²) in [7, 11) is 0. The largest absolute Gasteiger partial charge is 0.565 e. The van der Waals surface area contributed by atoms with Crippen LogP contribution in [-0.4, -0.2) is 29.0 Å². The lowest BCUT2D eigenvalue weighted by Gasteiger charge is -2.26. The molecule has 1 aromatic heterocycles. The van der Waals surface area contributed by atoms with Gasteiger partial charge in [-0.3, -0.25) is 4.79 Å². The molecule has 2 amide bonds. The highest BCUT2D eigenvalue weighted by Crippen LogP contribution is 2.31. The molecule has 2 unspecified atom stereocenters. The van der Waals surface area contributed by atoms with Crippen LogP contribution in [0.1, 0.15) is 48.3 Å². The summed E-state index contributed by atoms with van der Waals surface area (Å²) in [6.45, 7) is 0.282. The molecule has 0 saturated heterocycles. The summed E-state index contributed by atoms with van der Waals surface area (Å²) in [4.78, 5) is 33.2. The van der Waals surface area contributed by atoms with E-state index in [9.17, 15) is 14.0 Å². The Labute approximate surface area is 175 Å². The summed E-state index contributed by atoms with van der Waals surface area (Å²) in [6.07, 6.45) is 5.33. The average Bonchev–Trinajstić information content (AvgIpc) is 2.78. The summed E-state index contributed by atoms with van der Waals surface area (Å²) in [5.74, 6) is -0.377. The van der Waals surface area contributed by atoms with Crippen LogP contribution in [0.2, 0.25) is 0 Å². The van der Waals surface area contributed by atoms with Crippen molar-refractivity contribution < 1.29 is 19.1 Å². The van der Waals surface area contributed by atoms with Gasteiger partial charge in [-0.05, 0) is 55.5 Å². The number of carbonyl (C=O) groups excluding carboxylic acids is 2. The Morgan fingerprint density at radius 1 is 1.30 bits per heavy atom. The molecule has 0 aliphatic heterocycles. The van der Waals surface area contributed by atoms with Gasteiger partial charge < -0.3 is 10.0 Å². The number of aliphatic hydroxyl groups is 1. The zero-order chi connectivity index (χ0) is 21.3. The van der Waals surface area contributed by atoms with E-state index < -0.39 is 5.91 Å². The first-order valence-electron chi connectivity index (χ1n) is 10.1. The van der Waals surface area contributed by atoms with Crippen molar-refractivity contribution in [2.24, 2.45) is 11.8 Å². The van der Waals surface area contributed by atoms with Crippen LogP contribution in [0.3, 0.4) is 0 Å². The van der Waals surface area contributed by atoms with Crippen molar-refractivity contribution >= 4 is 18.0 Å². The number of carbonyl (C=O) groups is 2. The van der Waals surface area contributed by atoms with E-state index in [0.29, 0.717) is 23.8 Å². The molecule has 6 nitrogen and oxygen atoms in total. The Morgan fingerprint density at radius 3 is 2.90 bits per heavy atom. The molecule has 1 aliphatic carbocycles. The third-order valence-corrected chi connectivity index (χ3v) is 5.36. The van der Waals surface area contributed by atoms with Gasteiger partial charge in [-0.25, -0.2) is 9.37 Å². The number of nitrogens with zero attached hydrogens (tertiary/aromatic N) is 3. The fourth-order valence-corrected chi connectivity index (χ4v) is 3.78. The summed E-state index contributed by atoms with van der Waals surface area (Å²) in [5, 5.41) is 9.14. The Morgan fingerprint density at radius 2 is 2.13 bits per heavy atom. The summed E-state index contributed by atoms with van der Waals surface area (Å²) < 4.78 is 13.4. The number of halogens is 1. The second-order valence-corrected chi connectivity index (χ2v) is 7.52. The second kappa shape index (κ2) is 10.6. The first-order valence-corrected chi connectivity index (χ1v) is 10.1. The number of pyridine rings is 1. The van der Waals surface area contributed by atoms with Crippen LogP contribution >= 0.6 is 0 Å². The minimum absolute atomic E-state index is 0.0765. The van der Waals surface area contributed by atoms with Gasteiger partial charge in [0, 0.05) is 17.1 Å². The zero-order valence-corrected chi connectivity index (χ0v) is 16.7. The van der Waals surface area contributed by atoms with Crippen molar-refractivity contribution in [2.45, 2.75) is 38.7 Å². The zero-order valence-electron chi connectivity index (χ0n) is 16.7. The predicted molar refractivity (Wildman–Crippen MR) is 112 cm³/mol. The minimum Gasteiger partial charge on any atom is -0.390 e. The smallest absolute Gasteiger partial charge is 0.390 e. The van der Waals surface area contributed by atoms with Gasteiger partial charge in [0.1, 0.15) is 5.82 Å². The Bertz CT molecular complexity index is 954. The molecule has 3 rings (SSSR count). The third kappa shape index (κ3) is 5.94. The highest BCUT2D eigenvalue weighted by molar-refractivity contribution is 6.00. The molecule has 2 aromatic rings. The summed E-state index contributed by atoms with van der Waals surface area (Å²) in [6, 6.07) is 13.8. The number of aromatic nitrogens is 1. The quantitative estimate of drug-likeness (QED) is 0.699. The van der Waals surface area contributed by atoms with Gasteiger partial charge in [0.25, 0.3) is 6.07 Å². The molecule has 156 valence electrons. The minimum atomic E-state index is -0.467. The monoisotopic (exact) mass is 410 g/mol. The number of hydrogen-bond acceptors (Lipinski definition) is 4. The highest BCUT2D eigenvalue weighted by Gasteiger charge is 2.26. The number of benzene rings is 1. The number of amides is 2. The van der Waals surface area contributed by atoms with Crippen molar-refractivity contribution in [1.82, 2.24) is 4.98 Å². The molecular formula is C23H25FN3O3+. The number of anilines is 1. The van der Waals surface area contributed by atoms with E-state index in [0.717, 1.165) is 38.5 Å². The lowest BCUT2D eigenvalue weighted by Crippen LogP contribution is -2.26. The van der Waals surface area contributed by atoms with Crippen molar-refractivity contribution in [1.29, 1.82) is 0 Å². The molecule has 1 N–H and O–H groups in total. The maximum Gasteiger partial charge on any atom is 0.565 e. The predicted octanol–water partition coefficient (Wildman–Crippen LogP) is 4.05. The number of rotatable bonds is 7. The molecule has 1 saturated carbocycles.